The van der Waals surface area contributed by atoms with Crippen molar-refractivity contribution < 1.29 is 9.84 Å². The molecule has 0 aromatic carbocycles. The van der Waals surface area contributed by atoms with E-state index < -0.39 is 15.7 Å². The Morgan fingerprint density at radius 2 is 1.80 bits per heavy atom. The molecule has 0 bridgehead atoms. The zero-order valence-corrected chi connectivity index (χ0v) is 10.4. The van der Waals surface area contributed by atoms with E-state index in [0.717, 1.165) is 19.3 Å². The number of rotatable bonds is 2. The number of terminal acetylenes is 1. The van der Waals surface area contributed by atoms with Gasteiger partial charge in [-0.15, -0.1) is 6.42 Å². The first kappa shape index (κ1) is 13.4. The van der Waals surface area contributed by atoms with E-state index in [1.165, 1.54) is 0 Å². The van der Waals surface area contributed by atoms with Crippen LogP contribution >= 0.6 is 34.8 Å². The van der Waals surface area contributed by atoms with Gasteiger partial charge < -0.3 is 9.84 Å². The molecule has 1 aliphatic rings. The smallest absolute Gasteiger partial charge is 0.240 e. The second kappa shape index (κ2) is 5.12. The Morgan fingerprint density at radius 1 is 1.27 bits per heavy atom. The highest BCUT2D eigenvalue weighted by Gasteiger charge is 2.40. The first-order valence-electron chi connectivity index (χ1n) is 4.80. The van der Waals surface area contributed by atoms with Gasteiger partial charge in [0.1, 0.15) is 5.60 Å². The van der Waals surface area contributed by atoms with Crippen LogP contribution in [-0.2, 0) is 4.74 Å². The second-order valence-electron chi connectivity index (χ2n) is 3.71. The Hall–Kier alpha value is 0.350. The number of halogens is 3. The van der Waals surface area contributed by atoms with Gasteiger partial charge in [-0.2, -0.15) is 0 Å². The molecule has 0 heterocycles. The van der Waals surface area contributed by atoms with Gasteiger partial charge in [0.05, 0.1) is 0 Å². The maximum atomic E-state index is 9.52. The molecule has 0 amide bonds. The van der Waals surface area contributed by atoms with Crippen LogP contribution in [0.25, 0.3) is 0 Å². The molecule has 0 aromatic rings. The van der Waals surface area contributed by atoms with Crippen LogP contribution in [-0.4, -0.2) is 20.8 Å². The van der Waals surface area contributed by atoms with Gasteiger partial charge in [-0.3, -0.25) is 0 Å². The standard InChI is InChI=1S/C10H13Cl3O2/c1-2-9(6-4-3-5-7-9)15-8(14)10(11,12)13/h1,8,14H,3-7H2/t8-/m0/s1. The lowest BCUT2D eigenvalue weighted by Crippen LogP contribution is -2.42. The van der Waals surface area contributed by atoms with Crippen LogP contribution in [0.5, 0.6) is 0 Å². The third-order valence-corrected chi connectivity index (χ3v) is 3.10. The lowest BCUT2D eigenvalue weighted by Gasteiger charge is -2.35. The van der Waals surface area contributed by atoms with E-state index in [1.54, 1.807) is 0 Å². The van der Waals surface area contributed by atoms with E-state index in [4.69, 9.17) is 46.0 Å². The van der Waals surface area contributed by atoms with Crippen LogP contribution in [0.3, 0.4) is 0 Å². The molecule has 0 aliphatic heterocycles. The molecule has 1 saturated carbocycles. The van der Waals surface area contributed by atoms with E-state index in [9.17, 15) is 5.11 Å². The molecule has 1 rings (SSSR count). The van der Waals surface area contributed by atoms with Gasteiger partial charge in [0.2, 0.25) is 10.1 Å². The molecule has 0 unspecified atom stereocenters. The third kappa shape index (κ3) is 3.69. The van der Waals surface area contributed by atoms with Gasteiger partial charge in [-0.25, -0.2) is 0 Å². The minimum atomic E-state index is -1.86. The summed E-state index contributed by atoms with van der Waals surface area (Å²) < 4.78 is 3.46. The SMILES string of the molecule is C#CC1(O[C@H](O)C(Cl)(Cl)Cl)CCCCC1. The molecule has 1 fully saturated rings. The van der Waals surface area contributed by atoms with Crippen LogP contribution in [0.15, 0.2) is 0 Å². The summed E-state index contributed by atoms with van der Waals surface area (Å²) >= 11 is 16.5. The highest BCUT2D eigenvalue weighted by molar-refractivity contribution is 6.67. The zero-order chi connectivity index (χ0) is 11.5. The monoisotopic (exact) mass is 270 g/mol. The summed E-state index contributed by atoms with van der Waals surface area (Å²) in [4.78, 5) is 0. The van der Waals surface area contributed by atoms with Crippen molar-refractivity contribution in [3.05, 3.63) is 0 Å². The van der Waals surface area contributed by atoms with Crippen molar-refractivity contribution in [2.24, 2.45) is 0 Å². The summed E-state index contributed by atoms with van der Waals surface area (Å²) in [5.74, 6) is 2.56. The fraction of sp³-hybridized carbons (Fsp3) is 0.800. The fourth-order valence-corrected chi connectivity index (χ4v) is 1.83. The van der Waals surface area contributed by atoms with Crippen molar-refractivity contribution in [3.63, 3.8) is 0 Å². The molecule has 1 aliphatic carbocycles. The van der Waals surface area contributed by atoms with E-state index in [-0.39, 0.29) is 0 Å². The average Bonchev–Trinajstić information content (AvgIpc) is 2.18. The highest BCUT2D eigenvalue weighted by atomic mass is 35.6. The van der Waals surface area contributed by atoms with Gasteiger partial charge >= 0.3 is 0 Å². The Kier molecular flexibility index (Phi) is 4.58. The zero-order valence-electron chi connectivity index (χ0n) is 8.18. The quantitative estimate of drug-likeness (QED) is 0.475. The van der Waals surface area contributed by atoms with Crippen molar-refractivity contribution in [1.82, 2.24) is 0 Å². The predicted octanol–water partition coefficient (Wildman–Crippen LogP) is 3.03. The van der Waals surface area contributed by atoms with E-state index in [0.29, 0.717) is 12.8 Å². The molecular formula is C10H13Cl3O2. The molecule has 0 spiro atoms. The molecule has 86 valence electrons. The fourth-order valence-electron chi connectivity index (χ4n) is 1.70. The summed E-state index contributed by atoms with van der Waals surface area (Å²) in [5, 5.41) is 9.52. The molecule has 0 saturated heterocycles. The molecule has 1 N–H and O–H groups in total. The van der Waals surface area contributed by atoms with Crippen LogP contribution in [0.1, 0.15) is 32.1 Å². The third-order valence-electron chi connectivity index (χ3n) is 2.54. The molecule has 15 heavy (non-hydrogen) atoms. The van der Waals surface area contributed by atoms with Crippen molar-refractivity contribution in [2.75, 3.05) is 0 Å². The van der Waals surface area contributed by atoms with E-state index >= 15 is 0 Å². The normalized spacial score (nSPS) is 23.1. The number of hydrogen-bond donors (Lipinski definition) is 1. The van der Waals surface area contributed by atoms with Gasteiger partial charge in [0, 0.05) is 0 Å². The molecule has 2 nitrogen and oxygen atoms in total. The second-order valence-corrected chi connectivity index (χ2v) is 6.08. The van der Waals surface area contributed by atoms with Gasteiger partial charge in [0.15, 0.2) is 0 Å². The Morgan fingerprint density at radius 3 is 2.20 bits per heavy atom. The lowest BCUT2D eigenvalue weighted by molar-refractivity contribution is -0.170. The highest BCUT2D eigenvalue weighted by Crippen LogP contribution is 2.37. The maximum Gasteiger partial charge on any atom is 0.240 e. The number of ether oxygens (including phenoxy) is 1. The Balaban J connectivity index is 2.64. The van der Waals surface area contributed by atoms with Crippen molar-refractivity contribution in [3.8, 4) is 12.3 Å². The minimum Gasteiger partial charge on any atom is -0.365 e. The first-order chi connectivity index (χ1) is 6.90. The molecular weight excluding hydrogens is 258 g/mol. The summed E-state index contributed by atoms with van der Waals surface area (Å²) in [7, 11) is 0. The maximum absolute atomic E-state index is 9.52. The number of aliphatic hydroxyl groups excluding tert-OH is 1. The summed E-state index contributed by atoms with van der Waals surface area (Å²) in [5.41, 5.74) is -0.776. The molecule has 0 radical (unpaired) electrons. The van der Waals surface area contributed by atoms with Gasteiger partial charge in [-0.1, -0.05) is 47.1 Å². The lowest BCUT2D eigenvalue weighted by atomic mass is 9.85. The molecule has 5 heteroatoms. The summed E-state index contributed by atoms with van der Waals surface area (Å²) in [6, 6.07) is 0. The number of alkyl halides is 3. The van der Waals surface area contributed by atoms with Crippen LogP contribution in [0, 0.1) is 12.3 Å². The van der Waals surface area contributed by atoms with E-state index in [1.807, 2.05) is 0 Å². The largest absolute Gasteiger partial charge is 0.365 e. The van der Waals surface area contributed by atoms with Gasteiger partial charge in [-0.05, 0) is 25.7 Å². The number of hydrogen-bond acceptors (Lipinski definition) is 2. The Labute approximate surface area is 105 Å². The first-order valence-corrected chi connectivity index (χ1v) is 5.93. The van der Waals surface area contributed by atoms with Crippen LogP contribution < -0.4 is 0 Å². The minimum absolute atomic E-state index is 0.696. The van der Waals surface area contributed by atoms with Crippen LogP contribution in [0.4, 0.5) is 0 Å². The van der Waals surface area contributed by atoms with Crippen molar-refractivity contribution in [1.29, 1.82) is 0 Å². The Bertz CT molecular complexity index is 248. The van der Waals surface area contributed by atoms with Crippen molar-refractivity contribution in [2.45, 2.75) is 47.8 Å². The summed E-state index contributed by atoms with van der Waals surface area (Å²) in [6.45, 7) is 0. The molecule has 1 atom stereocenters. The molecule has 0 aromatic heterocycles. The topological polar surface area (TPSA) is 29.5 Å². The van der Waals surface area contributed by atoms with E-state index in [2.05, 4.69) is 5.92 Å². The van der Waals surface area contributed by atoms with Crippen molar-refractivity contribution >= 4 is 34.8 Å². The van der Waals surface area contributed by atoms with Gasteiger partial charge in [0.25, 0.3) is 0 Å². The van der Waals surface area contributed by atoms with Crippen LogP contribution in [0.2, 0.25) is 0 Å². The predicted molar refractivity (Wildman–Crippen MR) is 62.0 cm³/mol. The number of aliphatic hydroxyl groups is 1. The average molecular weight is 272 g/mol. The summed E-state index contributed by atoms with van der Waals surface area (Å²) in [6.07, 6.45) is 8.38.